The van der Waals surface area contributed by atoms with Gasteiger partial charge in [-0.1, -0.05) is 18.5 Å². The van der Waals surface area contributed by atoms with Gasteiger partial charge in [0.15, 0.2) is 5.78 Å². The molecule has 0 unspecified atom stereocenters. The van der Waals surface area contributed by atoms with Crippen molar-refractivity contribution in [1.29, 1.82) is 0 Å². The maximum absolute atomic E-state index is 12.3. The molecule has 0 amide bonds. The van der Waals surface area contributed by atoms with Gasteiger partial charge in [0.2, 0.25) is 0 Å². The number of rotatable bonds is 5. The van der Waals surface area contributed by atoms with Crippen LogP contribution in [0.1, 0.15) is 29.5 Å². The van der Waals surface area contributed by atoms with Gasteiger partial charge in [-0.15, -0.1) is 0 Å². The first kappa shape index (κ1) is 14.3. The molecule has 1 aromatic heterocycles. The summed E-state index contributed by atoms with van der Waals surface area (Å²) in [7, 11) is 0. The molecule has 0 saturated carbocycles. The number of benzene rings is 1. The molecule has 2 aromatic rings. The highest BCUT2D eigenvalue weighted by atomic mass is 79.9. The first-order valence-electron chi connectivity index (χ1n) is 6.10. The van der Waals surface area contributed by atoms with Crippen molar-refractivity contribution in [3.63, 3.8) is 0 Å². The van der Waals surface area contributed by atoms with Crippen LogP contribution >= 0.6 is 27.5 Å². The van der Waals surface area contributed by atoms with Gasteiger partial charge in [0.1, 0.15) is 5.82 Å². The van der Waals surface area contributed by atoms with E-state index >= 15 is 0 Å². The van der Waals surface area contributed by atoms with Crippen molar-refractivity contribution in [2.24, 2.45) is 0 Å². The Hall–Kier alpha value is -1.13. The maximum Gasteiger partial charge on any atom is 0.171 e. The van der Waals surface area contributed by atoms with E-state index in [0.717, 1.165) is 23.3 Å². The number of carbonyl (C=O) groups excluding carboxylic acids is 1. The Morgan fingerprint density at radius 1 is 1.47 bits per heavy atom. The topological polar surface area (TPSA) is 34.9 Å². The van der Waals surface area contributed by atoms with E-state index in [1.807, 2.05) is 10.8 Å². The molecule has 1 aromatic carbocycles. The third-order valence-electron chi connectivity index (χ3n) is 2.82. The number of ketones is 1. The minimum Gasteiger partial charge on any atom is -0.335 e. The maximum atomic E-state index is 12.3. The second-order valence-corrected chi connectivity index (χ2v) is 5.55. The number of Topliss-reactive ketones (excluding diaryl/α,β-unsaturated/α-hetero) is 1. The summed E-state index contributed by atoms with van der Waals surface area (Å²) >= 11 is 9.24. The van der Waals surface area contributed by atoms with E-state index in [1.165, 1.54) is 0 Å². The average Bonchev–Trinajstić information content (AvgIpc) is 2.77. The number of halogens is 2. The Morgan fingerprint density at radius 3 is 2.95 bits per heavy atom. The second-order valence-electron chi connectivity index (χ2n) is 4.26. The molecule has 0 aliphatic heterocycles. The molecule has 19 heavy (non-hydrogen) atoms. The van der Waals surface area contributed by atoms with Crippen molar-refractivity contribution in [1.82, 2.24) is 9.55 Å². The van der Waals surface area contributed by atoms with Crippen LogP contribution in [0.2, 0.25) is 5.02 Å². The first-order valence-corrected chi connectivity index (χ1v) is 7.27. The highest BCUT2D eigenvalue weighted by Gasteiger charge is 2.14. The fourth-order valence-corrected chi connectivity index (χ4v) is 2.81. The van der Waals surface area contributed by atoms with Gasteiger partial charge in [0.25, 0.3) is 0 Å². The smallest absolute Gasteiger partial charge is 0.171 e. The molecule has 2 rings (SSSR count). The lowest BCUT2D eigenvalue weighted by Crippen LogP contribution is -2.10. The number of hydrogen-bond donors (Lipinski definition) is 0. The number of carbonyl (C=O) groups is 1. The summed E-state index contributed by atoms with van der Waals surface area (Å²) in [5.41, 5.74) is 0.635. The molecule has 3 nitrogen and oxygen atoms in total. The Balaban J connectivity index is 2.18. The summed E-state index contributed by atoms with van der Waals surface area (Å²) in [6.07, 6.45) is 4.95. The van der Waals surface area contributed by atoms with Gasteiger partial charge in [-0.2, -0.15) is 0 Å². The summed E-state index contributed by atoms with van der Waals surface area (Å²) in [5, 5.41) is 0.607. The molecule has 0 saturated heterocycles. The van der Waals surface area contributed by atoms with Crippen LogP contribution in [0.15, 0.2) is 35.1 Å². The van der Waals surface area contributed by atoms with Crippen LogP contribution in [0.5, 0.6) is 0 Å². The summed E-state index contributed by atoms with van der Waals surface area (Å²) in [6.45, 7) is 2.98. The molecular formula is C14H14BrClN2O. The Labute approximate surface area is 125 Å². The molecule has 0 fully saturated rings. The lowest BCUT2D eigenvalue weighted by atomic mass is 10.1. The molecule has 0 spiro atoms. The lowest BCUT2D eigenvalue weighted by molar-refractivity contribution is 0.0989. The van der Waals surface area contributed by atoms with Crippen LogP contribution in [0.4, 0.5) is 0 Å². The van der Waals surface area contributed by atoms with E-state index in [1.54, 1.807) is 24.4 Å². The normalized spacial score (nSPS) is 10.7. The van der Waals surface area contributed by atoms with Gasteiger partial charge in [-0.3, -0.25) is 4.79 Å². The van der Waals surface area contributed by atoms with Crippen LogP contribution < -0.4 is 0 Å². The molecular weight excluding hydrogens is 328 g/mol. The largest absolute Gasteiger partial charge is 0.335 e. The Kier molecular flexibility index (Phi) is 4.77. The molecule has 0 N–H and O–H groups in total. The minimum atomic E-state index is 0.0343. The van der Waals surface area contributed by atoms with Gasteiger partial charge in [0.05, 0.1) is 6.42 Å². The van der Waals surface area contributed by atoms with Crippen molar-refractivity contribution < 1.29 is 4.79 Å². The summed E-state index contributed by atoms with van der Waals surface area (Å²) in [4.78, 5) is 16.5. The van der Waals surface area contributed by atoms with Crippen molar-refractivity contribution >= 4 is 33.3 Å². The molecule has 100 valence electrons. The molecule has 0 bridgehead atoms. The van der Waals surface area contributed by atoms with Crippen molar-refractivity contribution in [3.05, 3.63) is 51.5 Å². The fourth-order valence-electron chi connectivity index (χ4n) is 1.91. The Morgan fingerprint density at radius 2 is 2.26 bits per heavy atom. The molecule has 0 aliphatic rings. The van der Waals surface area contributed by atoms with E-state index in [0.29, 0.717) is 17.0 Å². The predicted octanol–water partition coefficient (Wildman–Crippen LogP) is 4.13. The summed E-state index contributed by atoms with van der Waals surface area (Å²) in [6, 6.07) is 5.19. The van der Waals surface area contributed by atoms with Crippen molar-refractivity contribution in [2.45, 2.75) is 26.3 Å². The van der Waals surface area contributed by atoms with E-state index < -0.39 is 0 Å². The zero-order valence-electron chi connectivity index (χ0n) is 10.6. The molecule has 0 radical (unpaired) electrons. The molecule has 5 heteroatoms. The van der Waals surface area contributed by atoms with Crippen LogP contribution in [0.25, 0.3) is 0 Å². The van der Waals surface area contributed by atoms with Gasteiger partial charge < -0.3 is 4.57 Å². The first-order chi connectivity index (χ1) is 9.11. The Bertz CT molecular complexity index is 595. The molecule has 1 heterocycles. The number of hydrogen-bond acceptors (Lipinski definition) is 2. The monoisotopic (exact) mass is 340 g/mol. The quantitative estimate of drug-likeness (QED) is 0.766. The summed E-state index contributed by atoms with van der Waals surface area (Å²) < 4.78 is 2.74. The number of aromatic nitrogens is 2. The van der Waals surface area contributed by atoms with Crippen molar-refractivity contribution in [2.75, 3.05) is 0 Å². The van der Waals surface area contributed by atoms with Crippen LogP contribution in [-0.4, -0.2) is 15.3 Å². The SMILES string of the molecule is CCCn1ccnc1CC(=O)c1ccc(Cl)cc1Br. The highest BCUT2D eigenvalue weighted by Crippen LogP contribution is 2.22. The van der Waals surface area contributed by atoms with Gasteiger partial charge in [-0.25, -0.2) is 4.98 Å². The second kappa shape index (κ2) is 6.35. The zero-order chi connectivity index (χ0) is 13.8. The number of nitrogens with zero attached hydrogens (tertiary/aromatic N) is 2. The fraction of sp³-hybridized carbons (Fsp3) is 0.286. The van der Waals surface area contributed by atoms with Gasteiger partial charge in [0, 0.05) is 34.0 Å². The molecule has 0 aliphatic carbocycles. The average molecular weight is 342 g/mol. The molecule has 0 atom stereocenters. The summed E-state index contributed by atoms with van der Waals surface area (Å²) in [5.74, 6) is 0.834. The third-order valence-corrected chi connectivity index (χ3v) is 3.71. The third kappa shape index (κ3) is 3.45. The minimum absolute atomic E-state index is 0.0343. The van der Waals surface area contributed by atoms with E-state index in [4.69, 9.17) is 11.6 Å². The van der Waals surface area contributed by atoms with Crippen LogP contribution in [0.3, 0.4) is 0 Å². The van der Waals surface area contributed by atoms with Gasteiger partial charge in [-0.05, 0) is 40.5 Å². The van der Waals surface area contributed by atoms with E-state index in [2.05, 4.69) is 27.8 Å². The lowest BCUT2D eigenvalue weighted by Gasteiger charge is -2.07. The number of imidazole rings is 1. The zero-order valence-corrected chi connectivity index (χ0v) is 12.9. The van der Waals surface area contributed by atoms with Crippen molar-refractivity contribution in [3.8, 4) is 0 Å². The van der Waals surface area contributed by atoms with Crippen LogP contribution in [0, 0.1) is 0 Å². The predicted molar refractivity (Wildman–Crippen MR) is 79.7 cm³/mol. The van der Waals surface area contributed by atoms with Gasteiger partial charge >= 0.3 is 0 Å². The van der Waals surface area contributed by atoms with Crippen LogP contribution in [-0.2, 0) is 13.0 Å². The number of aryl methyl sites for hydroxylation is 1. The van der Waals surface area contributed by atoms with E-state index in [9.17, 15) is 4.79 Å². The standard InChI is InChI=1S/C14H14BrClN2O/c1-2-6-18-7-5-17-14(18)9-13(19)11-4-3-10(16)8-12(11)15/h3-5,7-8H,2,6,9H2,1H3. The van der Waals surface area contributed by atoms with E-state index in [-0.39, 0.29) is 5.78 Å². The highest BCUT2D eigenvalue weighted by molar-refractivity contribution is 9.10.